The van der Waals surface area contributed by atoms with Crippen molar-refractivity contribution in [3.8, 4) is 0 Å². The van der Waals surface area contributed by atoms with Crippen LogP contribution in [0.25, 0.3) is 5.65 Å². The van der Waals surface area contributed by atoms with E-state index in [0.717, 1.165) is 37.8 Å². The van der Waals surface area contributed by atoms with Crippen LogP contribution in [-0.2, 0) is 0 Å². The predicted molar refractivity (Wildman–Crippen MR) is 55.9 cm³/mol. The summed E-state index contributed by atoms with van der Waals surface area (Å²) in [5, 5.41) is 7.49. The van der Waals surface area contributed by atoms with Gasteiger partial charge in [-0.2, -0.15) is 9.61 Å². The van der Waals surface area contributed by atoms with Gasteiger partial charge in [0.1, 0.15) is 6.33 Å². The molecule has 3 heterocycles. The molecule has 2 aromatic rings. The first-order chi connectivity index (χ1) is 7.45. The lowest BCUT2D eigenvalue weighted by Crippen LogP contribution is -2.44. The zero-order valence-electron chi connectivity index (χ0n) is 8.30. The summed E-state index contributed by atoms with van der Waals surface area (Å²) in [5.74, 6) is 0.881. The lowest BCUT2D eigenvalue weighted by molar-refractivity contribution is 0.574. The highest BCUT2D eigenvalue weighted by Gasteiger charge is 2.14. The van der Waals surface area contributed by atoms with E-state index in [1.165, 1.54) is 0 Å². The zero-order chi connectivity index (χ0) is 10.1. The van der Waals surface area contributed by atoms with E-state index in [2.05, 4.69) is 25.3 Å². The summed E-state index contributed by atoms with van der Waals surface area (Å²) in [6.07, 6.45) is 3.34. The van der Waals surface area contributed by atoms with Gasteiger partial charge in [0.2, 0.25) is 5.95 Å². The molecule has 0 aliphatic carbocycles. The first-order valence-electron chi connectivity index (χ1n) is 5.05. The second-order valence-electron chi connectivity index (χ2n) is 3.51. The Kier molecular flexibility index (Phi) is 1.99. The molecule has 1 saturated heterocycles. The SMILES string of the molecule is c1cc2ncnn2c(N2CCNCC2)n1. The monoisotopic (exact) mass is 204 g/mol. The Morgan fingerprint density at radius 1 is 1.20 bits per heavy atom. The van der Waals surface area contributed by atoms with Crippen LogP contribution >= 0.6 is 0 Å². The van der Waals surface area contributed by atoms with Crippen molar-refractivity contribution in [1.82, 2.24) is 24.9 Å². The van der Waals surface area contributed by atoms with E-state index < -0.39 is 0 Å². The summed E-state index contributed by atoms with van der Waals surface area (Å²) >= 11 is 0. The number of rotatable bonds is 1. The van der Waals surface area contributed by atoms with Crippen LogP contribution in [0, 0.1) is 0 Å². The van der Waals surface area contributed by atoms with E-state index in [1.54, 1.807) is 17.0 Å². The summed E-state index contributed by atoms with van der Waals surface area (Å²) in [7, 11) is 0. The van der Waals surface area contributed by atoms with Crippen molar-refractivity contribution in [3.63, 3.8) is 0 Å². The molecule has 1 fully saturated rings. The van der Waals surface area contributed by atoms with Gasteiger partial charge in [-0.15, -0.1) is 0 Å². The van der Waals surface area contributed by atoms with Crippen molar-refractivity contribution < 1.29 is 0 Å². The van der Waals surface area contributed by atoms with Gasteiger partial charge < -0.3 is 10.2 Å². The standard InChI is InChI=1S/C9H12N6/c1-2-11-9(14-5-3-10-4-6-14)15-8(1)12-7-13-15/h1-2,7,10H,3-6H2. The van der Waals surface area contributed by atoms with Crippen molar-refractivity contribution in [2.24, 2.45) is 0 Å². The number of nitrogens with zero attached hydrogens (tertiary/aromatic N) is 5. The molecule has 0 bridgehead atoms. The smallest absolute Gasteiger partial charge is 0.228 e. The fourth-order valence-corrected chi connectivity index (χ4v) is 1.82. The van der Waals surface area contributed by atoms with Crippen LogP contribution < -0.4 is 10.2 Å². The number of hydrogen-bond donors (Lipinski definition) is 1. The van der Waals surface area contributed by atoms with E-state index in [0.29, 0.717) is 0 Å². The minimum atomic E-state index is 0.846. The number of nitrogens with one attached hydrogen (secondary N) is 1. The average Bonchev–Trinajstić information content (AvgIpc) is 2.78. The lowest BCUT2D eigenvalue weighted by atomic mass is 10.4. The van der Waals surface area contributed by atoms with Gasteiger partial charge in [-0.25, -0.2) is 9.97 Å². The first kappa shape index (κ1) is 8.60. The second-order valence-corrected chi connectivity index (χ2v) is 3.51. The number of aromatic nitrogens is 4. The topological polar surface area (TPSA) is 58.4 Å². The molecule has 0 aromatic carbocycles. The van der Waals surface area contributed by atoms with Gasteiger partial charge in [-0.1, -0.05) is 0 Å². The molecule has 0 atom stereocenters. The molecule has 2 aromatic heterocycles. The van der Waals surface area contributed by atoms with Crippen molar-refractivity contribution in [2.45, 2.75) is 0 Å². The Balaban J connectivity index is 2.05. The lowest BCUT2D eigenvalue weighted by Gasteiger charge is -2.27. The Hall–Kier alpha value is -1.69. The van der Waals surface area contributed by atoms with Crippen LogP contribution in [0.1, 0.15) is 0 Å². The highest BCUT2D eigenvalue weighted by molar-refractivity contribution is 5.44. The zero-order valence-corrected chi connectivity index (χ0v) is 8.30. The molecule has 1 aliphatic rings. The molecule has 15 heavy (non-hydrogen) atoms. The van der Waals surface area contributed by atoms with Gasteiger partial charge in [-0.05, 0) is 0 Å². The Morgan fingerprint density at radius 2 is 2.07 bits per heavy atom. The third-order valence-corrected chi connectivity index (χ3v) is 2.58. The van der Waals surface area contributed by atoms with E-state index in [9.17, 15) is 0 Å². The molecule has 1 N–H and O–H groups in total. The summed E-state index contributed by atoms with van der Waals surface area (Å²) in [6, 6.07) is 1.86. The Bertz CT molecular complexity index is 458. The molecule has 0 radical (unpaired) electrons. The molecule has 0 spiro atoms. The van der Waals surface area contributed by atoms with E-state index >= 15 is 0 Å². The van der Waals surface area contributed by atoms with E-state index in [4.69, 9.17) is 0 Å². The molecule has 0 unspecified atom stereocenters. The fraction of sp³-hybridized carbons (Fsp3) is 0.444. The van der Waals surface area contributed by atoms with Crippen LogP contribution in [0.3, 0.4) is 0 Å². The van der Waals surface area contributed by atoms with E-state index in [1.807, 2.05) is 6.07 Å². The molecule has 0 amide bonds. The number of hydrogen-bond acceptors (Lipinski definition) is 5. The van der Waals surface area contributed by atoms with Crippen LogP contribution in [-0.4, -0.2) is 45.8 Å². The van der Waals surface area contributed by atoms with Crippen molar-refractivity contribution >= 4 is 11.6 Å². The quantitative estimate of drug-likeness (QED) is 0.680. The third-order valence-electron chi connectivity index (χ3n) is 2.58. The predicted octanol–water partition coefficient (Wildman–Crippen LogP) is -0.466. The van der Waals surface area contributed by atoms with Crippen molar-refractivity contribution in [1.29, 1.82) is 0 Å². The molecular formula is C9H12N6. The number of anilines is 1. The molecule has 0 saturated carbocycles. The summed E-state index contributed by atoms with van der Waals surface area (Å²) in [5.41, 5.74) is 0.846. The largest absolute Gasteiger partial charge is 0.338 e. The van der Waals surface area contributed by atoms with Crippen LogP contribution in [0.2, 0.25) is 0 Å². The van der Waals surface area contributed by atoms with Gasteiger partial charge in [-0.3, -0.25) is 0 Å². The molecule has 1 aliphatic heterocycles. The summed E-state index contributed by atoms with van der Waals surface area (Å²) in [6.45, 7) is 3.91. The fourth-order valence-electron chi connectivity index (χ4n) is 1.82. The van der Waals surface area contributed by atoms with Gasteiger partial charge in [0.15, 0.2) is 5.65 Å². The minimum Gasteiger partial charge on any atom is -0.338 e. The maximum absolute atomic E-state index is 4.36. The first-order valence-corrected chi connectivity index (χ1v) is 5.05. The van der Waals surface area contributed by atoms with Crippen molar-refractivity contribution in [3.05, 3.63) is 18.6 Å². The summed E-state index contributed by atoms with van der Waals surface area (Å²) < 4.78 is 1.78. The van der Waals surface area contributed by atoms with Crippen LogP contribution in [0.15, 0.2) is 18.6 Å². The van der Waals surface area contributed by atoms with Gasteiger partial charge in [0.25, 0.3) is 0 Å². The van der Waals surface area contributed by atoms with Crippen LogP contribution in [0.4, 0.5) is 5.95 Å². The minimum absolute atomic E-state index is 0.846. The molecular weight excluding hydrogens is 192 g/mol. The number of fused-ring (bicyclic) bond motifs is 1. The van der Waals surface area contributed by atoms with Crippen LogP contribution in [0.5, 0.6) is 0 Å². The molecule has 78 valence electrons. The molecule has 3 rings (SSSR count). The highest BCUT2D eigenvalue weighted by Crippen LogP contribution is 2.11. The average molecular weight is 204 g/mol. The normalized spacial score (nSPS) is 17.2. The molecule has 6 heteroatoms. The highest BCUT2D eigenvalue weighted by atomic mass is 15.4. The van der Waals surface area contributed by atoms with Gasteiger partial charge in [0.05, 0.1) is 0 Å². The van der Waals surface area contributed by atoms with Gasteiger partial charge >= 0.3 is 0 Å². The molecule has 6 nitrogen and oxygen atoms in total. The third kappa shape index (κ3) is 1.42. The second kappa shape index (κ2) is 3.47. The van der Waals surface area contributed by atoms with E-state index in [-0.39, 0.29) is 0 Å². The maximum Gasteiger partial charge on any atom is 0.228 e. The Labute approximate surface area is 86.9 Å². The Morgan fingerprint density at radius 3 is 2.93 bits per heavy atom. The summed E-state index contributed by atoms with van der Waals surface area (Å²) in [4.78, 5) is 10.7. The van der Waals surface area contributed by atoms with Crippen molar-refractivity contribution in [2.75, 3.05) is 31.1 Å². The number of piperazine rings is 1. The maximum atomic E-state index is 4.36. The van der Waals surface area contributed by atoms with Gasteiger partial charge in [0, 0.05) is 38.4 Å².